The Labute approximate surface area is 196 Å². The fourth-order valence-electron chi connectivity index (χ4n) is 3.05. The average molecular weight is 495 g/mol. The number of amides is 1. The Hall–Kier alpha value is -2.59. The maximum absolute atomic E-state index is 12.6. The molecule has 0 saturated heterocycles. The van der Waals surface area contributed by atoms with Crippen molar-refractivity contribution in [2.75, 3.05) is 20.8 Å². The molecule has 1 unspecified atom stereocenters. The zero-order valence-electron chi connectivity index (χ0n) is 17.5. The number of carbonyl (C=O) groups is 1. The van der Waals surface area contributed by atoms with E-state index in [4.69, 9.17) is 21.1 Å². The Bertz CT molecular complexity index is 1150. The number of hydrogen-bond acceptors (Lipinski definition) is 6. The lowest BCUT2D eigenvalue weighted by molar-refractivity contribution is -0.121. The number of nitrogens with one attached hydrogen (secondary N) is 2. The Morgan fingerprint density at radius 2 is 1.75 bits per heavy atom. The molecule has 0 saturated carbocycles. The van der Waals surface area contributed by atoms with Crippen molar-refractivity contribution in [1.82, 2.24) is 10.0 Å². The number of benzene rings is 2. The highest BCUT2D eigenvalue weighted by molar-refractivity contribution is 7.89. The van der Waals surface area contributed by atoms with Crippen molar-refractivity contribution in [3.05, 3.63) is 75.4 Å². The summed E-state index contributed by atoms with van der Waals surface area (Å²) in [6.45, 7) is -0.0561. The van der Waals surface area contributed by atoms with Crippen LogP contribution in [0.2, 0.25) is 5.02 Å². The van der Waals surface area contributed by atoms with Gasteiger partial charge in [-0.1, -0.05) is 23.7 Å². The zero-order chi connectivity index (χ0) is 23.1. The van der Waals surface area contributed by atoms with Crippen LogP contribution in [0.4, 0.5) is 0 Å². The first-order valence-corrected chi connectivity index (χ1v) is 12.4. The van der Waals surface area contributed by atoms with Crippen LogP contribution in [0, 0.1) is 0 Å². The summed E-state index contributed by atoms with van der Waals surface area (Å²) in [4.78, 5) is 12.6. The third-order valence-electron chi connectivity index (χ3n) is 4.69. The normalized spacial score (nSPS) is 12.2. The maximum Gasteiger partial charge on any atom is 0.240 e. The van der Waals surface area contributed by atoms with E-state index < -0.39 is 10.0 Å². The van der Waals surface area contributed by atoms with Gasteiger partial charge in [0.05, 0.1) is 25.2 Å². The average Bonchev–Trinajstić information content (AvgIpc) is 3.32. The van der Waals surface area contributed by atoms with E-state index in [1.807, 2.05) is 29.0 Å². The standard InChI is InChI=1S/C22H23ClN2O5S2/c1-29-19-8-7-18(13-20(19)30-2)32(27,28)24-11-9-21(26)25-22(16-10-12-31-14-16)15-3-5-17(23)6-4-15/h3-8,10,12-14,22,24H,9,11H2,1-2H3,(H,25,26). The van der Waals surface area contributed by atoms with Gasteiger partial charge in [-0.25, -0.2) is 13.1 Å². The molecule has 0 spiro atoms. The van der Waals surface area contributed by atoms with Crippen LogP contribution in [0.3, 0.4) is 0 Å². The summed E-state index contributed by atoms with van der Waals surface area (Å²) in [6.07, 6.45) is -0.0270. The monoisotopic (exact) mass is 494 g/mol. The molecule has 2 aromatic carbocycles. The van der Waals surface area contributed by atoms with Gasteiger partial charge in [0.25, 0.3) is 0 Å². The van der Waals surface area contributed by atoms with Crippen LogP contribution in [0.1, 0.15) is 23.6 Å². The molecule has 1 heterocycles. The third kappa shape index (κ3) is 6.01. The first-order chi connectivity index (χ1) is 15.3. The van der Waals surface area contributed by atoms with Crippen LogP contribution in [0.5, 0.6) is 11.5 Å². The lowest BCUT2D eigenvalue weighted by Gasteiger charge is -2.19. The number of methoxy groups -OCH3 is 2. The smallest absolute Gasteiger partial charge is 0.240 e. The number of rotatable bonds is 10. The van der Waals surface area contributed by atoms with Crippen LogP contribution in [0.25, 0.3) is 0 Å². The van der Waals surface area contributed by atoms with Gasteiger partial charge in [0.2, 0.25) is 15.9 Å². The summed E-state index contributed by atoms with van der Waals surface area (Å²) in [7, 11) is -0.925. The van der Waals surface area contributed by atoms with Crippen LogP contribution in [0.15, 0.2) is 64.2 Å². The predicted octanol–water partition coefficient (Wildman–Crippen LogP) is 3.99. The molecule has 3 aromatic rings. The molecule has 0 bridgehead atoms. The Morgan fingerprint density at radius 3 is 2.38 bits per heavy atom. The van der Waals surface area contributed by atoms with Crippen molar-refractivity contribution in [3.63, 3.8) is 0 Å². The summed E-state index contributed by atoms with van der Waals surface area (Å²) >= 11 is 7.51. The van der Waals surface area contributed by atoms with Crippen LogP contribution in [-0.4, -0.2) is 35.1 Å². The van der Waals surface area contributed by atoms with E-state index in [2.05, 4.69) is 10.0 Å². The minimum Gasteiger partial charge on any atom is -0.493 e. The topological polar surface area (TPSA) is 93.7 Å². The van der Waals surface area contributed by atoms with Crippen LogP contribution >= 0.6 is 22.9 Å². The second kappa shape index (κ2) is 10.8. The lowest BCUT2D eigenvalue weighted by Crippen LogP contribution is -2.33. The van der Waals surface area contributed by atoms with E-state index in [1.54, 1.807) is 12.1 Å². The number of sulfonamides is 1. The van der Waals surface area contributed by atoms with Gasteiger partial charge >= 0.3 is 0 Å². The molecule has 0 aliphatic carbocycles. The summed E-state index contributed by atoms with van der Waals surface area (Å²) in [6, 6.07) is 13.1. The molecule has 3 rings (SSSR count). The second-order valence-corrected chi connectivity index (χ2v) is 9.76. The molecule has 2 N–H and O–H groups in total. The fourth-order valence-corrected chi connectivity index (χ4v) is 4.91. The Morgan fingerprint density at radius 1 is 1.03 bits per heavy atom. The minimum absolute atomic E-state index is 0.0212. The molecule has 7 nitrogen and oxygen atoms in total. The van der Waals surface area contributed by atoms with Crippen molar-refractivity contribution in [3.8, 4) is 11.5 Å². The first-order valence-electron chi connectivity index (χ1n) is 9.62. The molecule has 1 amide bonds. The van der Waals surface area contributed by atoms with Crippen LogP contribution < -0.4 is 19.5 Å². The quantitative estimate of drug-likeness (QED) is 0.444. The minimum atomic E-state index is -3.82. The van der Waals surface area contributed by atoms with E-state index in [0.717, 1.165) is 11.1 Å². The molecule has 0 aliphatic rings. The number of hydrogen-bond donors (Lipinski definition) is 2. The molecular weight excluding hydrogens is 472 g/mol. The highest BCUT2D eigenvalue weighted by atomic mass is 35.5. The Balaban J connectivity index is 1.63. The summed E-state index contributed by atoms with van der Waals surface area (Å²) < 4.78 is 37.9. The molecule has 0 fully saturated rings. The largest absolute Gasteiger partial charge is 0.493 e. The van der Waals surface area contributed by atoms with Crippen molar-refractivity contribution >= 4 is 38.9 Å². The van der Waals surface area contributed by atoms with E-state index in [9.17, 15) is 13.2 Å². The van der Waals surface area contributed by atoms with Crippen LogP contribution in [-0.2, 0) is 14.8 Å². The number of carbonyl (C=O) groups excluding carboxylic acids is 1. The van der Waals surface area contributed by atoms with Crippen molar-refractivity contribution in [2.24, 2.45) is 0 Å². The molecule has 1 atom stereocenters. The fraction of sp³-hybridized carbons (Fsp3) is 0.227. The van der Waals surface area contributed by atoms with Crippen molar-refractivity contribution in [2.45, 2.75) is 17.4 Å². The summed E-state index contributed by atoms with van der Waals surface area (Å²) in [5.74, 6) is 0.438. The van der Waals surface area contributed by atoms with Gasteiger partial charge in [-0.2, -0.15) is 11.3 Å². The molecule has 170 valence electrons. The number of thiophene rings is 1. The second-order valence-electron chi connectivity index (χ2n) is 6.77. The van der Waals surface area contributed by atoms with Gasteiger partial charge in [0.15, 0.2) is 11.5 Å². The van der Waals surface area contributed by atoms with Gasteiger partial charge in [-0.3, -0.25) is 4.79 Å². The first kappa shape index (κ1) is 24.1. The van der Waals surface area contributed by atoms with Gasteiger partial charge < -0.3 is 14.8 Å². The van der Waals surface area contributed by atoms with Gasteiger partial charge in [-0.15, -0.1) is 0 Å². The van der Waals surface area contributed by atoms with Gasteiger partial charge in [0.1, 0.15) is 0 Å². The van der Waals surface area contributed by atoms with E-state index in [-0.39, 0.29) is 29.8 Å². The van der Waals surface area contributed by atoms with Gasteiger partial charge in [-0.05, 0) is 52.2 Å². The predicted molar refractivity (Wildman–Crippen MR) is 125 cm³/mol. The molecule has 0 aliphatic heterocycles. The summed E-state index contributed by atoms with van der Waals surface area (Å²) in [5.41, 5.74) is 1.82. The molecule has 10 heteroatoms. The highest BCUT2D eigenvalue weighted by Gasteiger charge is 2.20. The van der Waals surface area contributed by atoms with E-state index in [0.29, 0.717) is 16.5 Å². The van der Waals surface area contributed by atoms with Crippen molar-refractivity contribution < 1.29 is 22.7 Å². The van der Waals surface area contributed by atoms with Crippen molar-refractivity contribution in [1.29, 1.82) is 0 Å². The molecular formula is C22H23ClN2O5S2. The highest BCUT2D eigenvalue weighted by Crippen LogP contribution is 2.29. The van der Waals surface area contributed by atoms with Gasteiger partial charge in [0, 0.05) is 24.1 Å². The molecule has 32 heavy (non-hydrogen) atoms. The molecule has 0 radical (unpaired) electrons. The number of halogens is 1. The lowest BCUT2D eigenvalue weighted by atomic mass is 10.0. The third-order valence-corrected chi connectivity index (χ3v) is 7.11. The maximum atomic E-state index is 12.6. The Kier molecular flexibility index (Phi) is 8.14. The zero-order valence-corrected chi connectivity index (χ0v) is 19.9. The number of ether oxygens (including phenoxy) is 2. The molecule has 1 aromatic heterocycles. The summed E-state index contributed by atoms with van der Waals surface area (Å²) in [5, 5.41) is 7.46. The van der Waals surface area contributed by atoms with E-state index >= 15 is 0 Å². The SMILES string of the molecule is COc1ccc(S(=O)(=O)NCCC(=O)NC(c2ccc(Cl)cc2)c2ccsc2)cc1OC. The van der Waals surface area contributed by atoms with E-state index in [1.165, 1.54) is 43.8 Å².